The average molecular weight is 346 g/mol. The summed E-state index contributed by atoms with van der Waals surface area (Å²) in [5.74, 6) is 0.574. The molecule has 0 radical (unpaired) electrons. The number of nitrogens with zero attached hydrogens (tertiary/aromatic N) is 2. The third-order valence-electron chi connectivity index (χ3n) is 4.18. The second kappa shape index (κ2) is 8.11. The van der Waals surface area contributed by atoms with Crippen LogP contribution in [0.5, 0.6) is 5.88 Å². The molecule has 3 rings (SSSR count). The van der Waals surface area contributed by atoms with Gasteiger partial charge in [0.1, 0.15) is 6.10 Å². The molecule has 0 atom stereocenters. The first-order valence-electron chi connectivity index (χ1n) is 8.16. The van der Waals surface area contributed by atoms with E-state index >= 15 is 0 Å². The third-order valence-corrected chi connectivity index (χ3v) is 4.54. The normalized spacial score (nSPS) is 20.4. The largest absolute Gasteiger partial charge is 0.473 e. The van der Waals surface area contributed by atoms with Crippen LogP contribution in [-0.4, -0.2) is 28.0 Å². The smallest absolute Gasteiger partial charge is 0.232 e. The van der Waals surface area contributed by atoms with Crippen LogP contribution >= 0.6 is 11.6 Å². The number of benzene rings is 1. The van der Waals surface area contributed by atoms with Gasteiger partial charge in [-0.25, -0.2) is 4.98 Å². The molecule has 1 heterocycles. The summed E-state index contributed by atoms with van der Waals surface area (Å²) in [5.41, 5.74) is 0.858. The average Bonchev–Trinajstić information content (AvgIpc) is 2.60. The van der Waals surface area contributed by atoms with Gasteiger partial charge in [0.15, 0.2) is 0 Å². The first kappa shape index (κ1) is 16.7. The lowest BCUT2D eigenvalue weighted by atomic mass is 9.92. The predicted molar refractivity (Wildman–Crippen MR) is 92.0 cm³/mol. The zero-order chi connectivity index (χ0) is 16.8. The maximum absolute atomic E-state index is 12.2. The van der Waals surface area contributed by atoms with Gasteiger partial charge in [-0.15, -0.1) is 0 Å². The van der Waals surface area contributed by atoms with E-state index in [1.165, 1.54) is 0 Å². The van der Waals surface area contributed by atoms with Crippen molar-refractivity contribution in [1.82, 2.24) is 15.3 Å². The molecule has 126 valence electrons. The van der Waals surface area contributed by atoms with Crippen molar-refractivity contribution in [2.24, 2.45) is 0 Å². The second-order valence-corrected chi connectivity index (χ2v) is 6.38. The molecule has 1 N–H and O–H groups in total. The molecule has 0 bridgehead atoms. The number of carbonyl (C=O) groups excluding carboxylic acids is 1. The topological polar surface area (TPSA) is 64.1 Å². The van der Waals surface area contributed by atoms with Gasteiger partial charge in [-0.1, -0.05) is 29.8 Å². The highest BCUT2D eigenvalue weighted by Gasteiger charge is 2.24. The zero-order valence-corrected chi connectivity index (χ0v) is 14.1. The summed E-state index contributed by atoms with van der Waals surface area (Å²) < 4.78 is 5.82. The number of hydrogen-bond donors (Lipinski definition) is 1. The number of nitrogens with one attached hydrogen (secondary N) is 1. The molecule has 0 saturated heterocycles. The quantitative estimate of drug-likeness (QED) is 0.904. The maximum Gasteiger partial charge on any atom is 0.232 e. The van der Waals surface area contributed by atoms with Gasteiger partial charge in [0.25, 0.3) is 0 Å². The van der Waals surface area contributed by atoms with Crippen LogP contribution in [0.25, 0.3) is 0 Å². The summed E-state index contributed by atoms with van der Waals surface area (Å²) in [6, 6.07) is 7.64. The van der Waals surface area contributed by atoms with Crippen molar-refractivity contribution in [2.75, 3.05) is 0 Å². The Hall–Kier alpha value is -2.14. The SMILES string of the molecule is O=C(Cc1ccccc1Cl)NC1CCC(Oc2cnccn2)CC1. The van der Waals surface area contributed by atoms with Crippen molar-refractivity contribution in [1.29, 1.82) is 0 Å². The Balaban J connectivity index is 1.43. The molecule has 5 nitrogen and oxygen atoms in total. The van der Waals surface area contributed by atoms with Crippen LogP contribution in [0.4, 0.5) is 0 Å². The van der Waals surface area contributed by atoms with Gasteiger partial charge >= 0.3 is 0 Å². The number of rotatable bonds is 5. The lowest BCUT2D eigenvalue weighted by Crippen LogP contribution is -2.40. The predicted octanol–water partition coefficient (Wildman–Crippen LogP) is 3.18. The molecule has 0 spiro atoms. The van der Waals surface area contributed by atoms with E-state index in [1.54, 1.807) is 24.7 Å². The van der Waals surface area contributed by atoms with Crippen LogP contribution in [0.15, 0.2) is 42.9 Å². The van der Waals surface area contributed by atoms with Crippen LogP contribution < -0.4 is 10.1 Å². The van der Waals surface area contributed by atoms with Crippen LogP contribution in [-0.2, 0) is 11.2 Å². The van der Waals surface area contributed by atoms with Gasteiger partial charge in [-0.3, -0.25) is 9.78 Å². The van der Waals surface area contributed by atoms with E-state index in [0.717, 1.165) is 31.2 Å². The summed E-state index contributed by atoms with van der Waals surface area (Å²) in [6.07, 6.45) is 8.92. The highest BCUT2D eigenvalue weighted by Crippen LogP contribution is 2.23. The minimum atomic E-state index is 0.0152. The number of carbonyl (C=O) groups is 1. The number of ether oxygens (including phenoxy) is 1. The Labute approximate surface area is 146 Å². The van der Waals surface area contributed by atoms with Crippen LogP contribution in [0.1, 0.15) is 31.2 Å². The molecule has 24 heavy (non-hydrogen) atoms. The van der Waals surface area contributed by atoms with Crippen LogP contribution in [0.3, 0.4) is 0 Å². The van der Waals surface area contributed by atoms with Gasteiger partial charge in [0.05, 0.1) is 12.6 Å². The second-order valence-electron chi connectivity index (χ2n) is 5.97. The third kappa shape index (κ3) is 4.68. The molecule has 1 aromatic heterocycles. The Bertz CT molecular complexity index is 673. The molecule has 2 aromatic rings. The summed E-state index contributed by atoms with van der Waals surface area (Å²) in [5, 5.41) is 3.73. The molecule has 1 aliphatic carbocycles. The molecular weight excluding hydrogens is 326 g/mol. The molecule has 6 heteroatoms. The van der Waals surface area contributed by atoms with Crippen molar-refractivity contribution in [2.45, 2.75) is 44.2 Å². The van der Waals surface area contributed by atoms with Crippen molar-refractivity contribution in [3.05, 3.63) is 53.4 Å². The van der Waals surface area contributed by atoms with Gasteiger partial charge < -0.3 is 10.1 Å². The Morgan fingerprint density at radius 3 is 2.71 bits per heavy atom. The molecule has 1 aromatic carbocycles. The monoisotopic (exact) mass is 345 g/mol. The minimum Gasteiger partial charge on any atom is -0.473 e. The first-order chi connectivity index (χ1) is 11.7. The van der Waals surface area contributed by atoms with E-state index in [9.17, 15) is 4.79 Å². The van der Waals surface area contributed by atoms with E-state index in [-0.39, 0.29) is 18.1 Å². The van der Waals surface area contributed by atoms with E-state index in [1.807, 2.05) is 18.2 Å². The number of aromatic nitrogens is 2. The Kier molecular flexibility index (Phi) is 5.64. The molecule has 1 saturated carbocycles. The van der Waals surface area contributed by atoms with Crippen LogP contribution in [0.2, 0.25) is 5.02 Å². The van der Waals surface area contributed by atoms with Gasteiger partial charge in [0, 0.05) is 23.5 Å². The fourth-order valence-electron chi connectivity index (χ4n) is 2.94. The maximum atomic E-state index is 12.2. The van der Waals surface area contributed by atoms with Crippen molar-refractivity contribution < 1.29 is 9.53 Å². The standard InChI is InChI=1S/C18H20ClN3O2/c19-16-4-2-1-3-13(16)11-17(23)22-14-5-7-15(8-6-14)24-18-12-20-9-10-21-18/h1-4,9-10,12,14-15H,5-8,11H2,(H,22,23). The Morgan fingerprint density at radius 1 is 1.21 bits per heavy atom. The summed E-state index contributed by atoms with van der Waals surface area (Å²) in [6.45, 7) is 0. The number of amides is 1. The highest BCUT2D eigenvalue weighted by molar-refractivity contribution is 6.31. The lowest BCUT2D eigenvalue weighted by molar-refractivity contribution is -0.121. The van der Waals surface area contributed by atoms with Crippen molar-refractivity contribution in [3.63, 3.8) is 0 Å². The van der Waals surface area contributed by atoms with Crippen molar-refractivity contribution >= 4 is 17.5 Å². The fourth-order valence-corrected chi connectivity index (χ4v) is 3.14. The number of hydrogen-bond acceptors (Lipinski definition) is 4. The molecule has 1 aliphatic rings. The van der Waals surface area contributed by atoms with E-state index in [0.29, 0.717) is 17.3 Å². The fraction of sp³-hybridized carbons (Fsp3) is 0.389. The Morgan fingerprint density at radius 2 is 2.00 bits per heavy atom. The van der Waals surface area contributed by atoms with Crippen LogP contribution in [0, 0.1) is 0 Å². The minimum absolute atomic E-state index is 0.0152. The summed E-state index contributed by atoms with van der Waals surface area (Å²) >= 11 is 6.10. The molecule has 1 amide bonds. The van der Waals surface area contributed by atoms with E-state index in [4.69, 9.17) is 16.3 Å². The first-order valence-corrected chi connectivity index (χ1v) is 8.54. The lowest BCUT2D eigenvalue weighted by Gasteiger charge is -2.29. The molecule has 0 unspecified atom stereocenters. The van der Waals surface area contributed by atoms with Gasteiger partial charge in [-0.2, -0.15) is 0 Å². The summed E-state index contributed by atoms with van der Waals surface area (Å²) in [4.78, 5) is 20.3. The number of halogens is 1. The molecule has 1 fully saturated rings. The zero-order valence-electron chi connectivity index (χ0n) is 13.3. The molecule has 0 aliphatic heterocycles. The van der Waals surface area contributed by atoms with E-state index in [2.05, 4.69) is 15.3 Å². The summed E-state index contributed by atoms with van der Waals surface area (Å²) in [7, 11) is 0. The molecular formula is C18H20ClN3O2. The van der Waals surface area contributed by atoms with Crippen molar-refractivity contribution in [3.8, 4) is 5.88 Å². The van der Waals surface area contributed by atoms with E-state index < -0.39 is 0 Å². The van der Waals surface area contributed by atoms with Gasteiger partial charge in [0.2, 0.25) is 11.8 Å². The highest BCUT2D eigenvalue weighted by atomic mass is 35.5. The van der Waals surface area contributed by atoms with Gasteiger partial charge in [-0.05, 0) is 37.3 Å².